The van der Waals surface area contributed by atoms with Gasteiger partial charge in [0.1, 0.15) is 0 Å². The van der Waals surface area contributed by atoms with E-state index in [1.54, 1.807) is 0 Å². The van der Waals surface area contributed by atoms with Crippen LogP contribution in [0.4, 0.5) is 0 Å². The second kappa shape index (κ2) is 48.0. The predicted molar refractivity (Wildman–Crippen MR) is 250 cm³/mol. The van der Waals surface area contributed by atoms with Crippen LogP contribution in [-0.2, 0) is 14.3 Å². The van der Waals surface area contributed by atoms with Gasteiger partial charge in [0.05, 0.1) is 25.4 Å². The maximum Gasteiger partial charge on any atom is 0.305 e. The second-order valence-corrected chi connectivity index (χ2v) is 17.5. The van der Waals surface area contributed by atoms with Gasteiger partial charge in [0, 0.05) is 12.8 Å². The van der Waals surface area contributed by atoms with E-state index in [2.05, 4.69) is 43.5 Å². The Balaban J connectivity index is 3.43. The first kappa shape index (κ1) is 56.3. The molecule has 0 spiro atoms. The fourth-order valence-electron chi connectivity index (χ4n) is 7.74. The van der Waals surface area contributed by atoms with Gasteiger partial charge in [-0.3, -0.25) is 9.59 Å². The number of esters is 1. The van der Waals surface area contributed by atoms with Gasteiger partial charge in [-0.2, -0.15) is 0 Å². The van der Waals surface area contributed by atoms with E-state index in [4.69, 9.17) is 4.74 Å². The van der Waals surface area contributed by atoms with Gasteiger partial charge >= 0.3 is 5.97 Å². The second-order valence-electron chi connectivity index (χ2n) is 17.5. The fourth-order valence-corrected chi connectivity index (χ4v) is 7.74. The Morgan fingerprint density at radius 2 is 0.810 bits per heavy atom. The smallest absolute Gasteiger partial charge is 0.305 e. The number of unbranched alkanes of at least 4 members (excludes halogenated alkanes) is 32. The molecular weight excluding hydrogens is 719 g/mol. The molecule has 0 heterocycles. The number of aliphatic hydroxyl groups excluding tert-OH is 2. The number of carbonyl (C=O) groups is 2. The zero-order valence-corrected chi connectivity index (χ0v) is 38.8. The Bertz CT molecular complexity index is 904. The van der Waals surface area contributed by atoms with Crippen LogP contribution in [0.2, 0.25) is 0 Å². The molecule has 0 radical (unpaired) electrons. The highest BCUT2D eigenvalue weighted by Gasteiger charge is 2.20. The van der Waals surface area contributed by atoms with E-state index in [1.807, 2.05) is 0 Å². The summed E-state index contributed by atoms with van der Waals surface area (Å²) in [5.41, 5.74) is 0. The molecule has 0 fully saturated rings. The average molecular weight is 818 g/mol. The monoisotopic (exact) mass is 818 g/mol. The number of amides is 1. The molecule has 2 atom stereocenters. The lowest BCUT2D eigenvalue weighted by molar-refractivity contribution is -0.143. The van der Waals surface area contributed by atoms with E-state index in [1.165, 1.54) is 180 Å². The molecule has 0 bridgehead atoms. The predicted octanol–water partition coefficient (Wildman–Crippen LogP) is 15.1. The maximum absolute atomic E-state index is 12.4. The fraction of sp³-hybridized carbons (Fsp3) is 0.885. The molecule has 0 aliphatic rings. The van der Waals surface area contributed by atoms with Crippen LogP contribution in [0.5, 0.6) is 0 Å². The maximum atomic E-state index is 12.4. The van der Waals surface area contributed by atoms with Crippen LogP contribution >= 0.6 is 0 Å². The molecule has 0 aromatic carbocycles. The molecule has 6 heteroatoms. The summed E-state index contributed by atoms with van der Waals surface area (Å²) in [5.74, 6) is -0.0585. The van der Waals surface area contributed by atoms with Gasteiger partial charge in [0.25, 0.3) is 0 Å². The van der Waals surface area contributed by atoms with E-state index in [9.17, 15) is 19.8 Å². The quantitative estimate of drug-likeness (QED) is 0.0323. The molecule has 0 rings (SSSR count). The first-order chi connectivity index (χ1) is 28.5. The highest BCUT2D eigenvalue weighted by Crippen LogP contribution is 2.15. The minimum Gasteiger partial charge on any atom is -0.466 e. The van der Waals surface area contributed by atoms with Gasteiger partial charge < -0.3 is 20.3 Å². The summed E-state index contributed by atoms with van der Waals surface area (Å²) in [6.45, 7) is 4.90. The molecule has 0 aliphatic heterocycles. The number of hydrogen-bond donors (Lipinski definition) is 3. The van der Waals surface area contributed by atoms with Crippen LogP contribution < -0.4 is 5.32 Å². The van der Waals surface area contributed by atoms with Crippen LogP contribution in [0.25, 0.3) is 0 Å². The Morgan fingerprint density at radius 3 is 1.22 bits per heavy atom. The largest absolute Gasteiger partial charge is 0.466 e. The normalized spacial score (nSPS) is 12.8. The van der Waals surface area contributed by atoms with Crippen LogP contribution in [0.3, 0.4) is 0 Å². The summed E-state index contributed by atoms with van der Waals surface area (Å²) in [4.78, 5) is 24.4. The highest BCUT2D eigenvalue weighted by atomic mass is 16.5. The zero-order valence-electron chi connectivity index (χ0n) is 38.8. The Kier molecular flexibility index (Phi) is 46.6. The third-order valence-electron chi connectivity index (χ3n) is 11.7. The molecule has 342 valence electrons. The third-order valence-corrected chi connectivity index (χ3v) is 11.7. The van der Waals surface area contributed by atoms with Gasteiger partial charge in [-0.15, -0.1) is 0 Å². The SMILES string of the molecule is CCCCCCC/C=C\CCCCCCCC(=O)OCCCCCCCCCCC/C=C\CCCCCCCC(=O)NC(CO)C(O)CCCCCCCCCCC. The number of rotatable bonds is 47. The lowest BCUT2D eigenvalue weighted by Gasteiger charge is -2.22. The van der Waals surface area contributed by atoms with E-state index < -0.39 is 12.1 Å². The third kappa shape index (κ3) is 43.9. The number of ether oxygens (including phenoxy) is 1. The lowest BCUT2D eigenvalue weighted by Crippen LogP contribution is -2.45. The molecule has 0 saturated heterocycles. The molecular formula is C52H99NO5. The summed E-state index contributed by atoms with van der Waals surface area (Å²) >= 11 is 0. The Morgan fingerprint density at radius 1 is 0.466 bits per heavy atom. The average Bonchev–Trinajstić information content (AvgIpc) is 3.22. The molecule has 6 nitrogen and oxygen atoms in total. The molecule has 0 aliphatic carbocycles. The van der Waals surface area contributed by atoms with Gasteiger partial charge in [-0.1, -0.05) is 205 Å². The van der Waals surface area contributed by atoms with Crippen molar-refractivity contribution in [1.82, 2.24) is 5.32 Å². The van der Waals surface area contributed by atoms with Crippen molar-refractivity contribution >= 4 is 11.9 Å². The number of hydrogen-bond acceptors (Lipinski definition) is 5. The van der Waals surface area contributed by atoms with Gasteiger partial charge in [0.2, 0.25) is 5.91 Å². The minimum absolute atomic E-state index is 0.00613. The number of allylic oxidation sites excluding steroid dienone is 4. The Labute approximate surface area is 361 Å². The van der Waals surface area contributed by atoms with Crippen molar-refractivity contribution in [1.29, 1.82) is 0 Å². The first-order valence-corrected chi connectivity index (χ1v) is 25.6. The summed E-state index contributed by atoms with van der Waals surface area (Å²) in [6, 6.07) is -0.549. The topological polar surface area (TPSA) is 95.9 Å². The van der Waals surface area contributed by atoms with E-state index in [0.29, 0.717) is 25.9 Å². The number of aliphatic hydroxyl groups is 2. The molecule has 0 aromatic heterocycles. The molecule has 2 unspecified atom stereocenters. The van der Waals surface area contributed by atoms with Crippen LogP contribution in [0, 0.1) is 0 Å². The first-order valence-electron chi connectivity index (χ1n) is 25.6. The summed E-state index contributed by atoms with van der Waals surface area (Å²) in [6.07, 6.45) is 55.8. The molecule has 3 N–H and O–H groups in total. The number of nitrogens with one attached hydrogen (secondary N) is 1. The summed E-state index contributed by atoms with van der Waals surface area (Å²) < 4.78 is 5.46. The lowest BCUT2D eigenvalue weighted by atomic mass is 10.0. The molecule has 58 heavy (non-hydrogen) atoms. The van der Waals surface area contributed by atoms with Crippen molar-refractivity contribution in [2.24, 2.45) is 0 Å². The van der Waals surface area contributed by atoms with Gasteiger partial charge in [-0.25, -0.2) is 0 Å². The van der Waals surface area contributed by atoms with Crippen molar-refractivity contribution in [3.05, 3.63) is 24.3 Å². The van der Waals surface area contributed by atoms with Gasteiger partial charge in [-0.05, 0) is 77.0 Å². The molecule has 0 saturated carbocycles. The van der Waals surface area contributed by atoms with E-state index >= 15 is 0 Å². The Hall–Kier alpha value is -1.66. The van der Waals surface area contributed by atoms with Crippen LogP contribution in [-0.4, -0.2) is 47.4 Å². The molecule has 0 aromatic rings. The molecule has 1 amide bonds. The standard InChI is InChI=1S/C52H99NO5/c1-3-5-7-9-11-13-14-15-23-26-30-34-38-42-46-52(57)58-47-43-39-35-31-27-24-21-19-17-16-18-20-22-25-29-33-37-41-45-51(56)53-49(48-54)50(55)44-40-36-32-28-12-10-8-6-4-2/h14-15,18,20,49-50,54-55H,3-13,16-17,19,21-48H2,1-2H3,(H,53,56)/b15-14-,20-18-. The summed E-state index contributed by atoms with van der Waals surface area (Å²) in [5, 5.41) is 23.0. The summed E-state index contributed by atoms with van der Waals surface area (Å²) in [7, 11) is 0. The zero-order chi connectivity index (χ0) is 42.3. The minimum atomic E-state index is -0.670. The van der Waals surface area contributed by atoms with Crippen molar-refractivity contribution in [3.63, 3.8) is 0 Å². The van der Waals surface area contributed by atoms with E-state index in [-0.39, 0.29) is 18.5 Å². The van der Waals surface area contributed by atoms with Crippen molar-refractivity contribution in [3.8, 4) is 0 Å². The van der Waals surface area contributed by atoms with Crippen molar-refractivity contribution in [2.45, 2.75) is 283 Å². The van der Waals surface area contributed by atoms with Crippen molar-refractivity contribution < 1.29 is 24.5 Å². The van der Waals surface area contributed by atoms with Crippen LogP contribution in [0.1, 0.15) is 271 Å². The number of carbonyl (C=O) groups excluding carboxylic acids is 2. The highest BCUT2D eigenvalue weighted by molar-refractivity contribution is 5.76. The van der Waals surface area contributed by atoms with Gasteiger partial charge in [0.15, 0.2) is 0 Å². The van der Waals surface area contributed by atoms with E-state index in [0.717, 1.165) is 57.8 Å². The van der Waals surface area contributed by atoms with Crippen LogP contribution in [0.15, 0.2) is 24.3 Å². The van der Waals surface area contributed by atoms with Crippen molar-refractivity contribution in [2.75, 3.05) is 13.2 Å².